The molecule has 3 aromatic rings. The first kappa shape index (κ1) is 13.0. The largest absolute Gasteiger partial charge is 2.00 e. The van der Waals surface area contributed by atoms with Gasteiger partial charge in [-0.15, -0.1) is 0 Å². The second-order valence-corrected chi connectivity index (χ2v) is 5.29. The summed E-state index contributed by atoms with van der Waals surface area (Å²) in [6.07, 6.45) is 5.22. The second-order valence-electron chi connectivity index (χ2n) is 5.29. The van der Waals surface area contributed by atoms with Crippen molar-refractivity contribution in [1.82, 2.24) is 0 Å². The monoisotopic (exact) mass is 258 g/mol. The van der Waals surface area contributed by atoms with Gasteiger partial charge in [-0.1, -0.05) is 48.5 Å². The molecule has 0 bridgehead atoms. The average Bonchev–Trinajstić information content (AvgIpc) is 2.46. The molecule has 0 nitrogen and oxygen atoms in total. The van der Waals surface area contributed by atoms with Crippen LogP contribution < -0.4 is 0 Å². The van der Waals surface area contributed by atoms with E-state index in [1.54, 1.807) is 11.1 Å². The molecule has 1 heteroatoms. The number of aryl methyl sites for hydroxylation is 2. The predicted molar refractivity (Wildman–Crippen MR) is 86.1 cm³/mol. The smallest absolute Gasteiger partial charge is 1.00 e. The second kappa shape index (κ2) is 5.14. The van der Waals surface area contributed by atoms with E-state index in [1.807, 2.05) is 0 Å². The van der Waals surface area contributed by atoms with Crippen LogP contribution in [0, 0.1) is 0 Å². The van der Waals surface area contributed by atoms with Gasteiger partial charge in [-0.05, 0) is 58.4 Å². The number of rotatable bonds is 0. The Balaban J connectivity index is 0.000000735. The molecule has 0 saturated heterocycles. The zero-order valence-electron chi connectivity index (χ0n) is 13.2. The van der Waals surface area contributed by atoms with Gasteiger partial charge in [0, 0.05) is 0 Å². The third kappa shape index (κ3) is 2.05. The SMILES string of the molecule is [H-].[H-].[Mg+2].c1ccc2c(c1)ccc1c3c(ccc12)CCCC3. The van der Waals surface area contributed by atoms with Crippen LogP contribution in [0.3, 0.4) is 0 Å². The van der Waals surface area contributed by atoms with E-state index in [1.165, 1.54) is 47.2 Å². The first-order chi connectivity index (χ1) is 8.93. The molecule has 0 aromatic heterocycles. The van der Waals surface area contributed by atoms with Gasteiger partial charge in [0.25, 0.3) is 0 Å². The van der Waals surface area contributed by atoms with Gasteiger partial charge >= 0.3 is 23.1 Å². The molecule has 0 fully saturated rings. The van der Waals surface area contributed by atoms with Crippen LogP contribution in [-0.4, -0.2) is 23.1 Å². The summed E-state index contributed by atoms with van der Waals surface area (Å²) in [6, 6.07) is 18.0. The van der Waals surface area contributed by atoms with E-state index in [0.717, 1.165) is 0 Å². The molecular weight excluding hydrogens is 241 g/mol. The van der Waals surface area contributed by atoms with Gasteiger partial charge < -0.3 is 2.85 Å². The molecule has 19 heavy (non-hydrogen) atoms. The molecule has 3 aromatic carbocycles. The molecule has 92 valence electrons. The van der Waals surface area contributed by atoms with Crippen LogP contribution in [0.4, 0.5) is 0 Å². The standard InChI is InChI=1S/C18H16.Mg.2H/c1-3-7-15-13(5-1)9-11-18-16-8-4-2-6-14(16)10-12-17(15)18;;;/h1,3,5,7,9-12H,2,4,6,8H2;;;/q;+2;2*-1. The van der Waals surface area contributed by atoms with Crippen molar-refractivity contribution in [3.63, 3.8) is 0 Å². The Morgan fingerprint density at radius 3 is 2.42 bits per heavy atom. The fraction of sp³-hybridized carbons (Fsp3) is 0.222. The number of hydrogen-bond donors (Lipinski definition) is 0. The van der Waals surface area contributed by atoms with Crippen molar-refractivity contribution >= 4 is 44.6 Å². The Labute approximate surface area is 132 Å². The predicted octanol–water partition coefficient (Wildman–Crippen LogP) is 4.72. The first-order valence-corrected chi connectivity index (χ1v) is 6.86. The van der Waals surface area contributed by atoms with Gasteiger partial charge in [0.1, 0.15) is 0 Å². The van der Waals surface area contributed by atoms with Crippen molar-refractivity contribution in [2.24, 2.45) is 0 Å². The molecule has 0 radical (unpaired) electrons. The molecular formula is C18H18Mg. The third-order valence-corrected chi connectivity index (χ3v) is 4.26. The van der Waals surface area contributed by atoms with Crippen LogP contribution in [0.15, 0.2) is 48.5 Å². The van der Waals surface area contributed by atoms with Crippen LogP contribution in [0.2, 0.25) is 0 Å². The van der Waals surface area contributed by atoms with Crippen LogP contribution in [-0.2, 0) is 12.8 Å². The van der Waals surface area contributed by atoms with Gasteiger partial charge in [0.05, 0.1) is 0 Å². The average molecular weight is 259 g/mol. The van der Waals surface area contributed by atoms with Crippen molar-refractivity contribution in [1.29, 1.82) is 0 Å². The molecule has 0 amide bonds. The summed E-state index contributed by atoms with van der Waals surface area (Å²) in [7, 11) is 0. The zero-order valence-corrected chi connectivity index (χ0v) is 12.6. The summed E-state index contributed by atoms with van der Waals surface area (Å²) in [5.41, 5.74) is 3.17. The van der Waals surface area contributed by atoms with E-state index in [0.29, 0.717) is 0 Å². The Bertz CT molecular complexity index is 753. The van der Waals surface area contributed by atoms with E-state index < -0.39 is 0 Å². The molecule has 0 aliphatic heterocycles. The minimum absolute atomic E-state index is 0. The minimum Gasteiger partial charge on any atom is -1.00 e. The van der Waals surface area contributed by atoms with Crippen molar-refractivity contribution in [2.75, 3.05) is 0 Å². The third-order valence-electron chi connectivity index (χ3n) is 4.26. The molecule has 4 rings (SSSR count). The van der Waals surface area contributed by atoms with Crippen LogP contribution >= 0.6 is 0 Å². The summed E-state index contributed by atoms with van der Waals surface area (Å²) in [4.78, 5) is 0. The molecule has 0 unspecified atom stereocenters. The van der Waals surface area contributed by atoms with Gasteiger partial charge in [0.2, 0.25) is 0 Å². The maximum Gasteiger partial charge on any atom is 2.00 e. The zero-order chi connectivity index (χ0) is 11.9. The molecule has 0 N–H and O–H groups in total. The molecule has 0 heterocycles. The Hall–Kier alpha value is -1.05. The summed E-state index contributed by atoms with van der Waals surface area (Å²) in [6.45, 7) is 0. The summed E-state index contributed by atoms with van der Waals surface area (Å²) in [5.74, 6) is 0. The first-order valence-electron chi connectivity index (χ1n) is 6.86. The van der Waals surface area contributed by atoms with Crippen LogP contribution in [0.25, 0.3) is 21.5 Å². The number of fused-ring (bicyclic) bond motifs is 5. The van der Waals surface area contributed by atoms with Gasteiger partial charge in [-0.2, -0.15) is 0 Å². The Morgan fingerprint density at radius 2 is 1.47 bits per heavy atom. The van der Waals surface area contributed by atoms with Crippen molar-refractivity contribution in [3.05, 3.63) is 59.7 Å². The van der Waals surface area contributed by atoms with Crippen LogP contribution in [0.1, 0.15) is 26.8 Å². The van der Waals surface area contributed by atoms with E-state index in [-0.39, 0.29) is 25.9 Å². The fourth-order valence-electron chi connectivity index (χ4n) is 3.34. The molecule has 0 atom stereocenters. The van der Waals surface area contributed by atoms with Gasteiger partial charge in [-0.3, -0.25) is 0 Å². The fourth-order valence-corrected chi connectivity index (χ4v) is 3.34. The van der Waals surface area contributed by atoms with Gasteiger partial charge in [-0.25, -0.2) is 0 Å². The Morgan fingerprint density at radius 1 is 0.684 bits per heavy atom. The summed E-state index contributed by atoms with van der Waals surface area (Å²) >= 11 is 0. The molecule has 1 aliphatic rings. The Kier molecular flexibility index (Phi) is 3.51. The molecule has 1 aliphatic carbocycles. The summed E-state index contributed by atoms with van der Waals surface area (Å²) in [5, 5.41) is 5.64. The van der Waals surface area contributed by atoms with Crippen molar-refractivity contribution in [3.8, 4) is 0 Å². The quantitative estimate of drug-likeness (QED) is 0.404. The van der Waals surface area contributed by atoms with E-state index in [9.17, 15) is 0 Å². The summed E-state index contributed by atoms with van der Waals surface area (Å²) < 4.78 is 0. The van der Waals surface area contributed by atoms with E-state index in [4.69, 9.17) is 0 Å². The molecule has 0 spiro atoms. The maximum atomic E-state index is 2.35. The maximum absolute atomic E-state index is 2.35. The van der Waals surface area contributed by atoms with Crippen molar-refractivity contribution in [2.45, 2.75) is 25.7 Å². The van der Waals surface area contributed by atoms with Gasteiger partial charge in [0.15, 0.2) is 0 Å². The van der Waals surface area contributed by atoms with Crippen LogP contribution in [0.5, 0.6) is 0 Å². The topological polar surface area (TPSA) is 0 Å². The normalized spacial score (nSPS) is 14.1. The number of hydrogen-bond acceptors (Lipinski definition) is 0. The molecule has 0 saturated carbocycles. The minimum atomic E-state index is 0. The number of benzene rings is 3. The van der Waals surface area contributed by atoms with E-state index in [2.05, 4.69) is 48.5 Å². The van der Waals surface area contributed by atoms with Crippen molar-refractivity contribution < 1.29 is 2.85 Å². The van der Waals surface area contributed by atoms with E-state index >= 15 is 0 Å².